The van der Waals surface area contributed by atoms with Crippen molar-refractivity contribution >= 4 is 17.6 Å². The van der Waals surface area contributed by atoms with E-state index >= 15 is 0 Å². The van der Waals surface area contributed by atoms with Gasteiger partial charge in [-0.3, -0.25) is 0 Å². The van der Waals surface area contributed by atoms with Gasteiger partial charge >= 0.3 is 5.97 Å². The SMILES string of the molecule is Cc1ccc(C(=O)O)c([O-])c1Cl. The summed E-state index contributed by atoms with van der Waals surface area (Å²) in [5, 5.41) is 19.6. The van der Waals surface area contributed by atoms with Gasteiger partial charge in [0, 0.05) is 5.02 Å². The lowest BCUT2D eigenvalue weighted by Gasteiger charge is -2.13. The van der Waals surface area contributed by atoms with Crippen molar-refractivity contribution in [3.05, 3.63) is 28.3 Å². The Hall–Kier alpha value is -1.22. The first kappa shape index (κ1) is 8.87. The van der Waals surface area contributed by atoms with Crippen molar-refractivity contribution in [2.75, 3.05) is 0 Å². The van der Waals surface area contributed by atoms with Crippen LogP contribution in [0.1, 0.15) is 15.9 Å². The maximum absolute atomic E-state index is 11.1. The molecule has 64 valence electrons. The van der Waals surface area contributed by atoms with Crippen molar-refractivity contribution in [3.8, 4) is 5.75 Å². The summed E-state index contributed by atoms with van der Waals surface area (Å²) in [4.78, 5) is 10.4. The number of aryl methyl sites for hydroxylation is 1. The van der Waals surface area contributed by atoms with Gasteiger partial charge in [-0.15, -0.1) is 0 Å². The van der Waals surface area contributed by atoms with Crippen molar-refractivity contribution in [2.45, 2.75) is 6.92 Å². The Balaban J connectivity index is 3.36. The standard InChI is InChI=1S/C8H7ClO3/c1-4-2-3-5(8(11)12)7(10)6(4)9/h2-3,10H,1H3,(H,11,12)/p-1. The number of halogens is 1. The van der Waals surface area contributed by atoms with Gasteiger partial charge in [-0.1, -0.05) is 23.4 Å². The Morgan fingerprint density at radius 3 is 2.67 bits per heavy atom. The number of rotatable bonds is 1. The van der Waals surface area contributed by atoms with Crippen molar-refractivity contribution in [2.24, 2.45) is 0 Å². The van der Waals surface area contributed by atoms with Crippen LogP contribution in [0.2, 0.25) is 5.02 Å². The predicted molar refractivity (Wildman–Crippen MR) is 42.6 cm³/mol. The van der Waals surface area contributed by atoms with Gasteiger partial charge in [-0.05, 0) is 18.6 Å². The van der Waals surface area contributed by atoms with E-state index in [0.717, 1.165) is 0 Å². The molecule has 0 bridgehead atoms. The van der Waals surface area contributed by atoms with Crippen LogP contribution in [0.25, 0.3) is 0 Å². The molecule has 1 rings (SSSR count). The molecule has 0 heterocycles. The summed E-state index contributed by atoms with van der Waals surface area (Å²) in [6.07, 6.45) is 0. The molecule has 0 unspecified atom stereocenters. The highest BCUT2D eigenvalue weighted by Crippen LogP contribution is 2.27. The number of carboxylic acid groups (broad SMARTS) is 1. The van der Waals surface area contributed by atoms with E-state index in [0.29, 0.717) is 5.56 Å². The fourth-order valence-corrected chi connectivity index (χ4v) is 0.988. The van der Waals surface area contributed by atoms with Gasteiger partial charge < -0.3 is 10.2 Å². The van der Waals surface area contributed by atoms with E-state index in [1.807, 2.05) is 0 Å². The Labute approximate surface area is 74.2 Å². The quantitative estimate of drug-likeness (QED) is 0.720. The van der Waals surface area contributed by atoms with Crippen molar-refractivity contribution in [1.29, 1.82) is 0 Å². The van der Waals surface area contributed by atoms with Gasteiger partial charge in [0.2, 0.25) is 0 Å². The monoisotopic (exact) mass is 185 g/mol. The lowest BCUT2D eigenvalue weighted by molar-refractivity contribution is -0.268. The summed E-state index contributed by atoms with van der Waals surface area (Å²) in [5.41, 5.74) is 0.303. The van der Waals surface area contributed by atoms with Crippen molar-refractivity contribution in [3.63, 3.8) is 0 Å². The molecule has 0 amide bonds. The number of carbonyl (C=O) groups is 1. The zero-order valence-electron chi connectivity index (χ0n) is 6.30. The normalized spacial score (nSPS) is 9.83. The second-order valence-electron chi connectivity index (χ2n) is 2.38. The van der Waals surface area contributed by atoms with Gasteiger partial charge in [-0.25, -0.2) is 4.79 Å². The molecule has 0 saturated heterocycles. The van der Waals surface area contributed by atoms with E-state index in [1.165, 1.54) is 12.1 Å². The molecule has 12 heavy (non-hydrogen) atoms. The minimum atomic E-state index is -1.25. The number of benzene rings is 1. The van der Waals surface area contributed by atoms with Gasteiger partial charge in [0.25, 0.3) is 0 Å². The molecule has 1 aromatic rings. The van der Waals surface area contributed by atoms with E-state index in [-0.39, 0.29) is 10.6 Å². The number of hydrogen-bond donors (Lipinski definition) is 1. The molecule has 0 spiro atoms. The fraction of sp³-hybridized carbons (Fsp3) is 0.125. The Kier molecular flexibility index (Phi) is 2.24. The molecule has 0 aliphatic heterocycles. The van der Waals surface area contributed by atoms with Gasteiger partial charge in [-0.2, -0.15) is 0 Å². The van der Waals surface area contributed by atoms with Crippen LogP contribution in [0.5, 0.6) is 5.75 Å². The average Bonchev–Trinajstić information content (AvgIpc) is 2.00. The average molecular weight is 186 g/mol. The van der Waals surface area contributed by atoms with Crippen LogP contribution in [0.3, 0.4) is 0 Å². The van der Waals surface area contributed by atoms with Crippen LogP contribution in [0.15, 0.2) is 12.1 Å². The van der Waals surface area contributed by atoms with E-state index in [1.54, 1.807) is 6.92 Å². The molecule has 1 aromatic carbocycles. The van der Waals surface area contributed by atoms with Gasteiger partial charge in [0.1, 0.15) is 0 Å². The molecule has 3 nitrogen and oxygen atoms in total. The zero-order chi connectivity index (χ0) is 9.30. The molecular formula is C8H6ClO3-. The molecule has 0 fully saturated rings. The molecule has 1 N–H and O–H groups in total. The highest BCUT2D eigenvalue weighted by Gasteiger charge is 2.06. The summed E-state index contributed by atoms with van der Waals surface area (Å²) in [6, 6.07) is 2.76. The fourth-order valence-electron chi connectivity index (χ4n) is 0.823. The second kappa shape index (κ2) is 3.03. The second-order valence-corrected chi connectivity index (χ2v) is 2.76. The summed E-state index contributed by atoms with van der Waals surface area (Å²) in [5.74, 6) is -1.87. The number of aromatic carboxylic acids is 1. The molecule has 0 aromatic heterocycles. The molecule has 0 saturated carbocycles. The highest BCUT2D eigenvalue weighted by molar-refractivity contribution is 6.33. The minimum absolute atomic E-state index is 0.0186. The predicted octanol–water partition coefficient (Wildman–Crippen LogP) is 1.42. The first-order valence-electron chi connectivity index (χ1n) is 3.23. The molecule has 0 aliphatic carbocycles. The molecule has 0 radical (unpaired) electrons. The summed E-state index contributed by atoms with van der Waals surface area (Å²) >= 11 is 5.55. The van der Waals surface area contributed by atoms with Crippen LogP contribution in [0, 0.1) is 6.92 Å². The van der Waals surface area contributed by atoms with E-state index in [4.69, 9.17) is 16.7 Å². The smallest absolute Gasteiger partial charge is 0.335 e. The maximum Gasteiger partial charge on any atom is 0.335 e. The Morgan fingerprint density at radius 1 is 1.58 bits per heavy atom. The van der Waals surface area contributed by atoms with Crippen LogP contribution < -0.4 is 5.11 Å². The maximum atomic E-state index is 11.1. The topological polar surface area (TPSA) is 60.4 Å². The van der Waals surface area contributed by atoms with Crippen molar-refractivity contribution in [1.82, 2.24) is 0 Å². The molecule has 4 heteroatoms. The minimum Gasteiger partial charge on any atom is -0.871 e. The third kappa shape index (κ3) is 1.36. The largest absolute Gasteiger partial charge is 0.871 e. The highest BCUT2D eigenvalue weighted by atomic mass is 35.5. The molecule has 0 aliphatic rings. The Bertz CT molecular complexity index is 333. The van der Waals surface area contributed by atoms with E-state index < -0.39 is 11.7 Å². The number of carboxylic acids is 1. The molecular weight excluding hydrogens is 180 g/mol. The lowest BCUT2D eigenvalue weighted by atomic mass is 10.1. The van der Waals surface area contributed by atoms with E-state index in [2.05, 4.69) is 0 Å². The summed E-state index contributed by atoms with van der Waals surface area (Å²) < 4.78 is 0. The first-order chi connectivity index (χ1) is 5.54. The molecule has 0 atom stereocenters. The zero-order valence-corrected chi connectivity index (χ0v) is 7.05. The summed E-state index contributed by atoms with van der Waals surface area (Å²) in [6.45, 7) is 1.65. The van der Waals surface area contributed by atoms with Gasteiger partial charge in [0.15, 0.2) is 0 Å². The summed E-state index contributed by atoms with van der Waals surface area (Å²) in [7, 11) is 0. The van der Waals surface area contributed by atoms with Crippen LogP contribution in [-0.2, 0) is 0 Å². The van der Waals surface area contributed by atoms with Crippen LogP contribution in [-0.4, -0.2) is 11.1 Å². The van der Waals surface area contributed by atoms with Gasteiger partial charge in [0.05, 0.1) is 5.56 Å². The van der Waals surface area contributed by atoms with Crippen molar-refractivity contribution < 1.29 is 15.0 Å². The van der Waals surface area contributed by atoms with Crippen LogP contribution >= 0.6 is 11.6 Å². The Morgan fingerprint density at radius 2 is 2.17 bits per heavy atom. The van der Waals surface area contributed by atoms with Crippen LogP contribution in [0.4, 0.5) is 0 Å². The third-order valence-corrected chi connectivity index (χ3v) is 1.99. The first-order valence-corrected chi connectivity index (χ1v) is 3.61. The lowest BCUT2D eigenvalue weighted by Crippen LogP contribution is -2.04. The third-order valence-electron chi connectivity index (χ3n) is 1.52. The van der Waals surface area contributed by atoms with E-state index in [9.17, 15) is 9.90 Å². The number of hydrogen-bond acceptors (Lipinski definition) is 2.